The van der Waals surface area contributed by atoms with Gasteiger partial charge in [-0.25, -0.2) is 0 Å². The molecule has 3 rings (SSSR count). The molecule has 0 aliphatic carbocycles. The summed E-state index contributed by atoms with van der Waals surface area (Å²) in [4.78, 5) is 13.6. The highest BCUT2D eigenvalue weighted by atomic mass is 32.2. The highest BCUT2D eigenvalue weighted by Gasteiger charge is 2.17. The van der Waals surface area contributed by atoms with Crippen LogP contribution in [0.25, 0.3) is 0 Å². The summed E-state index contributed by atoms with van der Waals surface area (Å²) < 4.78 is 5.11. The van der Waals surface area contributed by atoms with Crippen LogP contribution in [-0.2, 0) is 16.0 Å². The van der Waals surface area contributed by atoms with Crippen molar-refractivity contribution in [3.63, 3.8) is 0 Å². The van der Waals surface area contributed by atoms with Crippen molar-refractivity contribution < 1.29 is 9.53 Å². The zero-order chi connectivity index (χ0) is 14.8. The SMILES string of the molecule is CC(=O)OCC(C)c1ccc2c(c1)Cc1ccccc1S2. The fourth-order valence-electron chi connectivity index (χ4n) is 2.56. The summed E-state index contributed by atoms with van der Waals surface area (Å²) in [5.41, 5.74) is 3.99. The number of benzene rings is 2. The quantitative estimate of drug-likeness (QED) is 0.670. The number of esters is 1. The van der Waals surface area contributed by atoms with Gasteiger partial charge in [0.05, 0.1) is 6.61 Å². The normalized spacial score (nSPS) is 14.0. The van der Waals surface area contributed by atoms with Crippen molar-refractivity contribution in [2.24, 2.45) is 0 Å². The van der Waals surface area contributed by atoms with Gasteiger partial charge in [0, 0.05) is 22.6 Å². The lowest BCUT2D eigenvalue weighted by Gasteiger charge is -2.21. The molecule has 0 aromatic heterocycles. The van der Waals surface area contributed by atoms with Gasteiger partial charge in [-0.15, -0.1) is 0 Å². The van der Waals surface area contributed by atoms with E-state index in [1.54, 1.807) is 0 Å². The van der Waals surface area contributed by atoms with Crippen LogP contribution in [-0.4, -0.2) is 12.6 Å². The Balaban J connectivity index is 1.81. The molecule has 2 aromatic rings. The second kappa shape index (κ2) is 5.94. The fraction of sp³-hybridized carbons (Fsp3) is 0.278. The van der Waals surface area contributed by atoms with E-state index in [0.29, 0.717) is 6.61 Å². The first-order chi connectivity index (χ1) is 10.1. The van der Waals surface area contributed by atoms with Crippen LogP contribution in [0.1, 0.15) is 36.5 Å². The van der Waals surface area contributed by atoms with Crippen LogP contribution in [0.4, 0.5) is 0 Å². The summed E-state index contributed by atoms with van der Waals surface area (Å²) >= 11 is 1.84. The predicted octanol–water partition coefficient (Wildman–Crippen LogP) is 4.41. The van der Waals surface area contributed by atoms with Crippen molar-refractivity contribution >= 4 is 17.7 Å². The summed E-state index contributed by atoms with van der Waals surface area (Å²) in [6.07, 6.45) is 0.979. The Morgan fingerprint density at radius 2 is 1.95 bits per heavy atom. The molecule has 0 amide bonds. The third kappa shape index (κ3) is 3.13. The molecule has 0 radical (unpaired) electrons. The number of hydrogen-bond acceptors (Lipinski definition) is 3. The second-order valence-electron chi connectivity index (χ2n) is 5.46. The molecule has 108 valence electrons. The largest absolute Gasteiger partial charge is 0.465 e. The molecule has 3 heteroatoms. The third-order valence-corrected chi connectivity index (χ3v) is 5.00. The average molecular weight is 298 g/mol. The lowest BCUT2D eigenvalue weighted by molar-refractivity contribution is -0.141. The Kier molecular flexibility index (Phi) is 4.02. The summed E-state index contributed by atoms with van der Waals surface area (Å²) in [5, 5.41) is 0. The van der Waals surface area contributed by atoms with Gasteiger partial charge in [0.15, 0.2) is 0 Å². The number of carbonyl (C=O) groups is 1. The zero-order valence-electron chi connectivity index (χ0n) is 12.3. The first-order valence-corrected chi connectivity index (χ1v) is 7.97. The number of hydrogen-bond donors (Lipinski definition) is 0. The van der Waals surface area contributed by atoms with Crippen LogP contribution in [0, 0.1) is 0 Å². The lowest BCUT2D eigenvalue weighted by Crippen LogP contribution is -2.09. The molecule has 2 nitrogen and oxygen atoms in total. The minimum absolute atomic E-state index is 0.218. The van der Waals surface area contributed by atoms with Crippen molar-refractivity contribution in [2.75, 3.05) is 6.61 Å². The van der Waals surface area contributed by atoms with Gasteiger partial charge in [-0.1, -0.05) is 49.0 Å². The molecule has 0 N–H and O–H groups in total. The van der Waals surface area contributed by atoms with Gasteiger partial charge in [0.2, 0.25) is 0 Å². The van der Waals surface area contributed by atoms with E-state index in [1.807, 2.05) is 11.8 Å². The van der Waals surface area contributed by atoms with E-state index in [9.17, 15) is 4.79 Å². The molecular weight excluding hydrogens is 280 g/mol. The summed E-state index contributed by atoms with van der Waals surface area (Å²) in [6, 6.07) is 15.2. The molecule has 21 heavy (non-hydrogen) atoms. The maximum atomic E-state index is 10.9. The number of ether oxygens (including phenoxy) is 1. The monoisotopic (exact) mass is 298 g/mol. The maximum Gasteiger partial charge on any atom is 0.302 e. The molecule has 0 bridgehead atoms. The van der Waals surface area contributed by atoms with E-state index in [0.717, 1.165) is 6.42 Å². The average Bonchev–Trinajstić information content (AvgIpc) is 2.50. The lowest BCUT2D eigenvalue weighted by atomic mass is 9.96. The van der Waals surface area contributed by atoms with Crippen LogP contribution in [0.2, 0.25) is 0 Å². The molecule has 0 fully saturated rings. The Bertz CT molecular complexity index is 679. The van der Waals surface area contributed by atoms with E-state index >= 15 is 0 Å². The van der Waals surface area contributed by atoms with Crippen LogP contribution in [0.3, 0.4) is 0 Å². The summed E-state index contributed by atoms with van der Waals surface area (Å²) in [5.74, 6) is 0.00524. The second-order valence-corrected chi connectivity index (χ2v) is 6.54. The number of fused-ring (bicyclic) bond motifs is 2. The first-order valence-electron chi connectivity index (χ1n) is 7.15. The molecular formula is C18H18O2S. The summed E-state index contributed by atoms with van der Waals surface area (Å²) in [6.45, 7) is 3.99. The van der Waals surface area contributed by atoms with Crippen molar-refractivity contribution in [3.8, 4) is 0 Å². The standard InChI is InChI=1S/C18H18O2S/c1-12(11-20-13(2)19)14-7-8-18-16(9-14)10-15-5-3-4-6-17(15)21-18/h3-9,12H,10-11H2,1-2H3. The summed E-state index contributed by atoms with van der Waals surface area (Å²) in [7, 11) is 0. The molecule has 0 spiro atoms. The highest BCUT2D eigenvalue weighted by Crippen LogP contribution is 2.40. The van der Waals surface area contributed by atoms with Gasteiger partial charge < -0.3 is 4.74 Å². The molecule has 1 aliphatic heterocycles. The predicted molar refractivity (Wildman–Crippen MR) is 84.9 cm³/mol. The van der Waals surface area contributed by atoms with Crippen LogP contribution in [0.15, 0.2) is 52.3 Å². The first kappa shape index (κ1) is 14.2. The Morgan fingerprint density at radius 3 is 2.76 bits per heavy atom. The fourth-order valence-corrected chi connectivity index (χ4v) is 3.61. The molecule has 1 aliphatic rings. The third-order valence-electron chi connectivity index (χ3n) is 3.76. The van der Waals surface area contributed by atoms with Gasteiger partial charge >= 0.3 is 5.97 Å². The minimum atomic E-state index is -0.218. The van der Waals surface area contributed by atoms with E-state index in [4.69, 9.17) is 4.74 Å². The topological polar surface area (TPSA) is 26.3 Å². The van der Waals surface area contributed by atoms with Crippen molar-refractivity contribution in [1.29, 1.82) is 0 Å². The molecule has 2 aromatic carbocycles. The Morgan fingerprint density at radius 1 is 1.19 bits per heavy atom. The Hall–Kier alpha value is -1.74. The molecule has 1 atom stereocenters. The van der Waals surface area contributed by atoms with Gasteiger partial charge in [-0.3, -0.25) is 4.79 Å². The van der Waals surface area contributed by atoms with Crippen LogP contribution < -0.4 is 0 Å². The van der Waals surface area contributed by atoms with Crippen LogP contribution in [0.5, 0.6) is 0 Å². The van der Waals surface area contributed by atoms with Gasteiger partial charge in [0.25, 0.3) is 0 Å². The maximum absolute atomic E-state index is 10.9. The minimum Gasteiger partial charge on any atom is -0.465 e. The van der Waals surface area contributed by atoms with Crippen molar-refractivity contribution in [2.45, 2.75) is 36.0 Å². The van der Waals surface area contributed by atoms with Crippen LogP contribution >= 0.6 is 11.8 Å². The number of carbonyl (C=O) groups excluding carboxylic acids is 1. The van der Waals surface area contributed by atoms with Crippen molar-refractivity contribution in [1.82, 2.24) is 0 Å². The molecule has 0 saturated heterocycles. The van der Waals surface area contributed by atoms with E-state index < -0.39 is 0 Å². The van der Waals surface area contributed by atoms with E-state index in [-0.39, 0.29) is 11.9 Å². The number of rotatable bonds is 3. The van der Waals surface area contributed by atoms with E-state index in [1.165, 1.54) is 33.4 Å². The molecule has 1 heterocycles. The molecule has 0 saturated carbocycles. The van der Waals surface area contributed by atoms with Gasteiger partial charge in [0.1, 0.15) is 0 Å². The molecule has 1 unspecified atom stereocenters. The smallest absolute Gasteiger partial charge is 0.302 e. The van der Waals surface area contributed by atoms with Gasteiger partial charge in [-0.2, -0.15) is 0 Å². The van der Waals surface area contributed by atoms with Crippen molar-refractivity contribution in [3.05, 3.63) is 59.2 Å². The van der Waals surface area contributed by atoms with Gasteiger partial charge in [-0.05, 0) is 35.2 Å². The Labute approximate surface area is 129 Å². The zero-order valence-corrected chi connectivity index (χ0v) is 13.1. The van der Waals surface area contributed by atoms with E-state index in [2.05, 4.69) is 49.4 Å². The highest BCUT2D eigenvalue weighted by molar-refractivity contribution is 7.99.